The molecule has 17 heavy (non-hydrogen) atoms. The lowest BCUT2D eigenvalue weighted by atomic mass is 9.94. The molecule has 0 saturated heterocycles. The predicted octanol–water partition coefficient (Wildman–Crippen LogP) is 1.68. The molecule has 0 spiro atoms. The van der Waals surface area contributed by atoms with Crippen molar-refractivity contribution in [2.24, 2.45) is 0 Å². The van der Waals surface area contributed by atoms with Crippen molar-refractivity contribution in [3.05, 3.63) is 47.3 Å². The number of hydrazine groups is 1. The van der Waals surface area contributed by atoms with E-state index >= 15 is 0 Å². The third kappa shape index (κ3) is 1.58. The van der Waals surface area contributed by atoms with Crippen LogP contribution in [-0.2, 0) is 17.6 Å². The van der Waals surface area contributed by atoms with Crippen LogP contribution in [0.1, 0.15) is 16.7 Å². The van der Waals surface area contributed by atoms with Crippen LogP contribution in [0.25, 0.3) is 6.08 Å². The Morgan fingerprint density at radius 3 is 3.18 bits per heavy atom. The van der Waals surface area contributed by atoms with Crippen LogP contribution in [0, 0.1) is 0 Å². The Balaban J connectivity index is 2.16. The van der Waals surface area contributed by atoms with E-state index in [2.05, 4.69) is 11.5 Å². The molecule has 4 heteroatoms. The van der Waals surface area contributed by atoms with E-state index in [0.29, 0.717) is 0 Å². The fourth-order valence-electron chi connectivity index (χ4n) is 2.32. The zero-order valence-electron chi connectivity index (χ0n) is 9.18. The first-order chi connectivity index (χ1) is 8.25. The molecule has 0 bridgehead atoms. The molecule has 2 aliphatic heterocycles. The fourth-order valence-corrected chi connectivity index (χ4v) is 2.32. The summed E-state index contributed by atoms with van der Waals surface area (Å²) < 4.78 is 0. The maximum atomic E-state index is 10.8. The maximum absolute atomic E-state index is 10.8. The molecule has 2 N–H and O–H groups in total. The Bertz CT molecular complexity index is 547. The van der Waals surface area contributed by atoms with Crippen LogP contribution in [0.2, 0.25) is 0 Å². The number of nitrogens with one attached hydrogen (secondary N) is 1. The van der Waals surface area contributed by atoms with Gasteiger partial charge in [-0.3, -0.25) is 9.80 Å². The molecule has 0 atom stereocenters. The van der Waals surface area contributed by atoms with E-state index in [0.717, 1.165) is 23.2 Å². The van der Waals surface area contributed by atoms with E-state index in [4.69, 9.17) is 5.11 Å². The predicted molar refractivity (Wildman–Crippen MR) is 65.3 cm³/mol. The minimum atomic E-state index is -0.800. The van der Waals surface area contributed by atoms with Crippen LogP contribution in [0.5, 0.6) is 0 Å². The van der Waals surface area contributed by atoms with E-state index in [1.807, 2.05) is 35.6 Å². The van der Waals surface area contributed by atoms with Crippen LogP contribution in [0.3, 0.4) is 0 Å². The van der Waals surface area contributed by atoms with Gasteiger partial charge in [-0.2, -0.15) is 0 Å². The van der Waals surface area contributed by atoms with Gasteiger partial charge in [0.15, 0.2) is 0 Å². The summed E-state index contributed by atoms with van der Waals surface area (Å²) in [7, 11) is 0. The van der Waals surface area contributed by atoms with Gasteiger partial charge < -0.3 is 10.5 Å². The van der Waals surface area contributed by atoms with Crippen molar-refractivity contribution < 1.29 is 9.90 Å². The number of nitrogens with zero attached hydrogens (tertiary/aromatic N) is 1. The van der Waals surface area contributed by atoms with Gasteiger partial charge in [-0.25, -0.2) is 0 Å². The maximum Gasteiger partial charge on any atom is 0.307 e. The normalized spacial score (nSPS) is 15.4. The highest BCUT2D eigenvalue weighted by Gasteiger charge is 2.21. The lowest BCUT2D eigenvalue weighted by molar-refractivity contribution is -0.136. The van der Waals surface area contributed by atoms with E-state index in [9.17, 15) is 4.79 Å². The molecule has 2 aliphatic rings. The smallest absolute Gasteiger partial charge is 0.307 e. The van der Waals surface area contributed by atoms with Gasteiger partial charge in [0.05, 0.1) is 12.1 Å². The molecule has 4 nitrogen and oxygen atoms in total. The highest BCUT2D eigenvalue weighted by atomic mass is 16.4. The van der Waals surface area contributed by atoms with Crippen molar-refractivity contribution in [3.63, 3.8) is 0 Å². The standard InChI is InChI=1S/C13H12N2O2/c16-12(17)8-10-4-3-9-2-1-7-15-13(9)11(10)5-6-14-15/h1,3-7,14H,2,8H2,(H,16,17). The Morgan fingerprint density at radius 2 is 2.35 bits per heavy atom. The SMILES string of the molecule is O=C(O)Cc1ccc2c3c1C=CNN3C=CC2. The lowest BCUT2D eigenvalue weighted by Crippen LogP contribution is -2.34. The number of rotatable bonds is 2. The summed E-state index contributed by atoms with van der Waals surface area (Å²) >= 11 is 0. The van der Waals surface area contributed by atoms with Crippen LogP contribution in [0.4, 0.5) is 5.69 Å². The van der Waals surface area contributed by atoms with Crippen LogP contribution in [-0.4, -0.2) is 11.1 Å². The molecule has 2 heterocycles. The van der Waals surface area contributed by atoms with Crippen molar-refractivity contribution in [1.29, 1.82) is 0 Å². The average Bonchev–Trinajstić information content (AvgIpc) is 2.33. The van der Waals surface area contributed by atoms with Gasteiger partial charge in [0.1, 0.15) is 0 Å². The molecule has 0 aliphatic carbocycles. The number of allylic oxidation sites excluding steroid dienone is 1. The molecule has 1 aromatic carbocycles. The van der Waals surface area contributed by atoms with E-state index in [1.165, 1.54) is 5.56 Å². The number of benzene rings is 1. The monoisotopic (exact) mass is 228 g/mol. The summed E-state index contributed by atoms with van der Waals surface area (Å²) in [6.07, 6.45) is 8.77. The van der Waals surface area contributed by atoms with Gasteiger partial charge in [0, 0.05) is 18.0 Å². The molecule has 0 amide bonds. The van der Waals surface area contributed by atoms with Crippen LogP contribution >= 0.6 is 0 Å². The number of aliphatic carboxylic acids is 1. The minimum absolute atomic E-state index is 0.0600. The zero-order valence-corrected chi connectivity index (χ0v) is 9.18. The lowest BCUT2D eigenvalue weighted by Gasteiger charge is -2.31. The summed E-state index contributed by atoms with van der Waals surface area (Å²) in [4.78, 5) is 10.8. The quantitative estimate of drug-likeness (QED) is 0.808. The van der Waals surface area contributed by atoms with E-state index in [-0.39, 0.29) is 6.42 Å². The third-order valence-corrected chi connectivity index (χ3v) is 3.03. The second-order valence-electron chi connectivity index (χ2n) is 4.14. The van der Waals surface area contributed by atoms with E-state index in [1.54, 1.807) is 0 Å². The van der Waals surface area contributed by atoms with Crippen molar-refractivity contribution in [1.82, 2.24) is 5.43 Å². The zero-order chi connectivity index (χ0) is 11.8. The summed E-state index contributed by atoms with van der Waals surface area (Å²) in [6, 6.07) is 3.92. The number of carboxylic acid groups (broad SMARTS) is 1. The first-order valence-electron chi connectivity index (χ1n) is 5.51. The Morgan fingerprint density at radius 1 is 1.47 bits per heavy atom. The molecule has 0 fully saturated rings. The summed E-state index contributed by atoms with van der Waals surface area (Å²) in [6.45, 7) is 0. The molecule has 0 saturated carbocycles. The van der Waals surface area contributed by atoms with Crippen molar-refractivity contribution in [2.45, 2.75) is 12.8 Å². The van der Waals surface area contributed by atoms with Crippen molar-refractivity contribution >= 4 is 17.7 Å². The minimum Gasteiger partial charge on any atom is -0.481 e. The van der Waals surface area contributed by atoms with Crippen LogP contribution < -0.4 is 10.4 Å². The Labute approximate surface area is 98.8 Å². The van der Waals surface area contributed by atoms with Gasteiger partial charge in [-0.1, -0.05) is 18.2 Å². The van der Waals surface area contributed by atoms with E-state index < -0.39 is 5.97 Å². The highest BCUT2D eigenvalue weighted by molar-refractivity contribution is 5.81. The number of hydrogen-bond donors (Lipinski definition) is 2. The molecule has 3 rings (SSSR count). The molecule has 0 aromatic heterocycles. The van der Waals surface area contributed by atoms with Crippen molar-refractivity contribution in [3.8, 4) is 0 Å². The highest BCUT2D eigenvalue weighted by Crippen LogP contribution is 2.34. The Kier molecular flexibility index (Phi) is 2.14. The molecule has 0 unspecified atom stereocenters. The summed E-state index contributed by atoms with van der Waals surface area (Å²) in [5.41, 5.74) is 7.27. The van der Waals surface area contributed by atoms with Gasteiger partial charge in [0.2, 0.25) is 0 Å². The molecular formula is C13H12N2O2. The molecule has 1 aromatic rings. The molecular weight excluding hydrogens is 216 g/mol. The second kappa shape index (κ2) is 3.66. The molecule has 0 radical (unpaired) electrons. The van der Waals surface area contributed by atoms with Gasteiger partial charge in [-0.05, 0) is 23.6 Å². The molecule has 86 valence electrons. The second-order valence-corrected chi connectivity index (χ2v) is 4.14. The van der Waals surface area contributed by atoms with Gasteiger partial charge >= 0.3 is 5.97 Å². The first-order valence-corrected chi connectivity index (χ1v) is 5.51. The Hall–Kier alpha value is -2.23. The number of hydrogen-bond acceptors (Lipinski definition) is 3. The van der Waals surface area contributed by atoms with Crippen molar-refractivity contribution in [2.75, 3.05) is 5.01 Å². The summed E-state index contributed by atoms with van der Waals surface area (Å²) in [5, 5.41) is 10.8. The van der Waals surface area contributed by atoms with Crippen LogP contribution in [0.15, 0.2) is 30.6 Å². The number of carbonyl (C=O) groups is 1. The summed E-state index contributed by atoms with van der Waals surface area (Å²) in [5.74, 6) is -0.800. The largest absolute Gasteiger partial charge is 0.481 e. The topological polar surface area (TPSA) is 52.6 Å². The first kappa shape index (κ1) is 9.96. The number of anilines is 1. The third-order valence-electron chi connectivity index (χ3n) is 3.03. The number of carboxylic acids is 1. The van der Waals surface area contributed by atoms with Gasteiger partial charge in [0.25, 0.3) is 0 Å². The average molecular weight is 228 g/mol. The van der Waals surface area contributed by atoms with Gasteiger partial charge in [-0.15, -0.1) is 0 Å². The fraction of sp³-hybridized carbons (Fsp3) is 0.154.